The molecule has 0 bridgehead atoms. The van der Waals surface area contributed by atoms with Crippen molar-refractivity contribution in [3.8, 4) is 0 Å². The molecule has 1 aliphatic carbocycles. The van der Waals surface area contributed by atoms with E-state index in [-0.39, 0.29) is 0 Å². The van der Waals surface area contributed by atoms with Crippen molar-refractivity contribution in [3.63, 3.8) is 0 Å². The predicted molar refractivity (Wildman–Crippen MR) is 75.5 cm³/mol. The first-order valence-electron chi connectivity index (χ1n) is 7.39. The van der Waals surface area contributed by atoms with Gasteiger partial charge in [0.2, 0.25) is 0 Å². The SMILES string of the molecule is CNC(Cc1ccoc1)C1CCC(C(C)C)CC1. The Balaban J connectivity index is 1.86. The van der Waals surface area contributed by atoms with Crippen LogP contribution in [0.1, 0.15) is 45.1 Å². The molecule has 1 unspecified atom stereocenters. The van der Waals surface area contributed by atoms with Crippen molar-refractivity contribution in [2.45, 2.75) is 52.0 Å². The maximum absolute atomic E-state index is 5.17. The molecule has 1 atom stereocenters. The molecule has 2 heteroatoms. The lowest BCUT2D eigenvalue weighted by Crippen LogP contribution is -2.38. The van der Waals surface area contributed by atoms with Crippen LogP contribution in [0.3, 0.4) is 0 Å². The van der Waals surface area contributed by atoms with Crippen LogP contribution in [-0.2, 0) is 6.42 Å². The summed E-state index contributed by atoms with van der Waals surface area (Å²) in [5.74, 6) is 2.64. The van der Waals surface area contributed by atoms with Gasteiger partial charge >= 0.3 is 0 Å². The van der Waals surface area contributed by atoms with E-state index in [4.69, 9.17) is 4.42 Å². The average molecular weight is 249 g/mol. The number of likely N-dealkylation sites (N-methyl/N-ethyl adjacent to an activating group) is 1. The largest absolute Gasteiger partial charge is 0.472 e. The van der Waals surface area contributed by atoms with E-state index in [9.17, 15) is 0 Å². The number of nitrogens with one attached hydrogen (secondary N) is 1. The molecule has 1 aliphatic rings. The Hall–Kier alpha value is -0.760. The van der Waals surface area contributed by atoms with Crippen molar-refractivity contribution < 1.29 is 4.42 Å². The topological polar surface area (TPSA) is 25.2 Å². The smallest absolute Gasteiger partial charge is 0.0935 e. The molecule has 0 amide bonds. The van der Waals surface area contributed by atoms with Gasteiger partial charge in [-0.3, -0.25) is 0 Å². The van der Waals surface area contributed by atoms with Crippen molar-refractivity contribution in [1.29, 1.82) is 0 Å². The average Bonchev–Trinajstić information content (AvgIpc) is 2.89. The fraction of sp³-hybridized carbons (Fsp3) is 0.750. The predicted octanol–water partition coefficient (Wildman–Crippen LogP) is 3.87. The molecule has 1 fully saturated rings. The molecule has 2 rings (SSSR count). The van der Waals surface area contributed by atoms with Crippen molar-refractivity contribution in [3.05, 3.63) is 24.2 Å². The third kappa shape index (κ3) is 3.38. The maximum Gasteiger partial charge on any atom is 0.0935 e. The van der Waals surface area contributed by atoms with E-state index < -0.39 is 0 Å². The minimum Gasteiger partial charge on any atom is -0.472 e. The highest BCUT2D eigenvalue weighted by molar-refractivity contribution is 5.08. The van der Waals surface area contributed by atoms with E-state index in [0.717, 1.165) is 24.2 Å². The molecule has 1 heterocycles. The van der Waals surface area contributed by atoms with Crippen molar-refractivity contribution >= 4 is 0 Å². The van der Waals surface area contributed by atoms with Gasteiger partial charge in [0, 0.05) is 6.04 Å². The monoisotopic (exact) mass is 249 g/mol. The minimum absolute atomic E-state index is 0.607. The molecular formula is C16H27NO. The summed E-state index contributed by atoms with van der Waals surface area (Å²) in [6, 6.07) is 2.69. The first-order valence-corrected chi connectivity index (χ1v) is 7.39. The Morgan fingerprint density at radius 3 is 2.39 bits per heavy atom. The summed E-state index contributed by atoms with van der Waals surface area (Å²) in [4.78, 5) is 0. The van der Waals surface area contributed by atoms with Crippen LogP contribution in [0.5, 0.6) is 0 Å². The highest BCUT2D eigenvalue weighted by Crippen LogP contribution is 2.35. The summed E-state index contributed by atoms with van der Waals surface area (Å²) >= 11 is 0. The first-order chi connectivity index (χ1) is 8.70. The van der Waals surface area contributed by atoms with Crippen molar-refractivity contribution in [2.24, 2.45) is 17.8 Å². The normalized spacial score (nSPS) is 26.4. The van der Waals surface area contributed by atoms with Crippen LogP contribution < -0.4 is 5.32 Å². The van der Waals surface area contributed by atoms with Gasteiger partial charge in [-0.2, -0.15) is 0 Å². The fourth-order valence-electron chi connectivity index (χ4n) is 3.38. The number of hydrogen-bond donors (Lipinski definition) is 1. The Bertz CT molecular complexity index is 323. The van der Waals surface area contributed by atoms with E-state index in [1.807, 2.05) is 6.26 Å². The standard InChI is InChI=1S/C16H27NO/c1-12(2)14-4-6-15(7-5-14)16(17-3)10-13-8-9-18-11-13/h8-9,11-12,14-17H,4-7,10H2,1-3H3. The van der Waals surface area contributed by atoms with Crippen LogP contribution in [0.25, 0.3) is 0 Å². The van der Waals surface area contributed by atoms with Crippen LogP contribution in [0.4, 0.5) is 0 Å². The molecule has 0 spiro atoms. The van der Waals surface area contributed by atoms with Crippen LogP contribution in [0.15, 0.2) is 23.0 Å². The summed E-state index contributed by atoms with van der Waals surface area (Å²) in [6.07, 6.45) is 10.3. The molecular weight excluding hydrogens is 222 g/mol. The second-order valence-electron chi connectivity index (χ2n) is 6.15. The first kappa shape index (κ1) is 13.7. The molecule has 102 valence electrons. The molecule has 0 aliphatic heterocycles. The lowest BCUT2D eigenvalue weighted by atomic mass is 9.74. The van der Waals surface area contributed by atoms with Gasteiger partial charge in [-0.1, -0.05) is 13.8 Å². The Morgan fingerprint density at radius 1 is 1.22 bits per heavy atom. The van der Waals surface area contributed by atoms with E-state index >= 15 is 0 Å². The van der Waals surface area contributed by atoms with E-state index in [1.165, 1.54) is 31.2 Å². The van der Waals surface area contributed by atoms with Crippen molar-refractivity contribution in [2.75, 3.05) is 7.05 Å². The van der Waals surface area contributed by atoms with E-state index in [2.05, 4.69) is 32.3 Å². The molecule has 2 nitrogen and oxygen atoms in total. The Labute approximate surface area is 111 Å². The van der Waals surface area contributed by atoms with Gasteiger partial charge in [-0.05, 0) is 68.5 Å². The summed E-state index contributed by atoms with van der Waals surface area (Å²) < 4.78 is 5.17. The minimum atomic E-state index is 0.607. The molecule has 1 aromatic rings. The fourth-order valence-corrected chi connectivity index (χ4v) is 3.38. The molecule has 0 radical (unpaired) electrons. The third-order valence-corrected chi connectivity index (χ3v) is 4.73. The van der Waals surface area contributed by atoms with Gasteiger partial charge in [0.05, 0.1) is 12.5 Å². The summed E-state index contributed by atoms with van der Waals surface area (Å²) in [5, 5.41) is 3.51. The van der Waals surface area contributed by atoms with Gasteiger partial charge in [0.1, 0.15) is 0 Å². The second kappa shape index (κ2) is 6.42. The zero-order valence-electron chi connectivity index (χ0n) is 12.0. The van der Waals surface area contributed by atoms with Crippen LogP contribution in [-0.4, -0.2) is 13.1 Å². The quantitative estimate of drug-likeness (QED) is 0.857. The zero-order chi connectivity index (χ0) is 13.0. The molecule has 0 aromatic carbocycles. The lowest BCUT2D eigenvalue weighted by molar-refractivity contribution is 0.191. The van der Waals surface area contributed by atoms with Gasteiger partial charge in [0.15, 0.2) is 0 Å². The molecule has 1 saturated carbocycles. The van der Waals surface area contributed by atoms with Crippen LogP contribution >= 0.6 is 0 Å². The van der Waals surface area contributed by atoms with Crippen LogP contribution in [0, 0.1) is 17.8 Å². The van der Waals surface area contributed by atoms with Gasteiger partial charge in [-0.25, -0.2) is 0 Å². The van der Waals surface area contributed by atoms with E-state index in [0.29, 0.717) is 6.04 Å². The molecule has 1 aromatic heterocycles. The van der Waals surface area contributed by atoms with Crippen molar-refractivity contribution in [1.82, 2.24) is 5.32 Å². The van der Waals surface area contributed by atoms with Gasteiger partial charge in [-0.15, -0.1) is 0 Å². The molecule has 1 N–H and O–H groups in total. The van der Waals surface area contributed by atoms with Crippen LogP contribution in [0.2, 0.25) is 0 Å². The third-order valence-electron chi connectivity index (χ3n) is 4.73. The van der Waals surface area contributed by atoms with Gasteiger partial charge in [0.25, 0.3) is 0 Å². The molecule has 18 heavy (non-hydrogen) atoms. The summed E-state index contributed by atoms with van der Waals surface area (Å²) in [6.45, 7) is 4.73. The maximum atomic E-state index is 5.17. The lowest BCUT2D eigenvalue weighted by Gasteiger charge is -2.35. The Morgan fingerprint density at radius 2 is 1.89 bits per heavy atom. The highest BCUT2D eigenvalue weighted by atomic mass is 16.3. The second-order valence-corrected chi connectivity index (χ2v) is 6.15. The van der Waals surface area contributed by atoms with E-state index in [1.54, 1.807) is 6.26 Å². The highest BCUT2D eigenvalue weighted by Gasteiger charge is 2.28. The molecule has 0 saturated heterocycles. The van der Waals surface area contributed by atoms with Gasteiger partial charge < -0.3 is 9.73 Å². The number of hydrogen-bond acceptors (Lipinski definition) is 2. The zero-order valence-corrected chi connectivity index (χ0v) is 12.0. The summed E-state index contributed by atoms with van der Waals surface area (Å²) in [7, 11) is 2.10. The Kier molecular flexibility index (Phi) is 4.87. The number of furan rings is 1. The number of rotatable bonds is 5. The summed E-state index contributed by atoms with van der Waals surface area (Å²) in [5.41, 5.74) is 1.32.